The Hall–Kier alpha value is -1.86. The van der Waals surface area contributed by atoms with E-state index in [0.717, 1.165) is 69.7 Å². The Morgan fingerprint density at radius 2 is 1.74 bits per heavy atom. The van der Waals surface area contributed by atoms with E-state index < -0.39 is 0 Å². The van der Waals surface area contributed by atoms with Crippen molar-refractivity contribution in [3.63, 3.8) is 0 Å². The van der Waals surface area contributed by atoms with Gasteiger partial charge < -0.3 is 14.4 Å². The second-order valence-corrected chi connectivity index (χ2v) is 10.1. The van der Waals surface area contributed by atoms with Gasteiger partial charge in [0.25, 0.3) is 0 Å². The van der Waals surface area contributed by atoms with Crippen molar-refractivity contribution >= 4 is 29.2 Å². The molecule has 0 aliphatic carbocycles. The van der Waals surface area contributed by atoms with E-state index in [4.69, 9.17) is 32.7 Å². The van der Waals surface area contributed by atoms with Gasteiger partial charge in [-0.3, -0.25) is 14.7 Å². The summed E-state index contributed by atoms with van der Waals surface area (Å²) in [6.45, 7) is 5.04. The van der Waals surface area contributed by atoms with Gasteiger partial charge in [-0.1, -0.05) is 23.2 Å². The summed E-state index contributed by atoms with van der Waals surface area (Å²) >= 11 is 12.1. The fourth-order valence-electron chi connectivity index (χ4n) is 5.00. The van der Waals surface area contributed by atoms with Crippen LogP contribution in [0.15, 0.2) is 42.7 Å². The van der Waals surface area contributed by atoms with Crippen molar-refractivity contribution in [3.05, 3.63) is 58.3 Å². The maximum absolute atomic E-state index is 12.5. The first-order valence-electron chi connectivity index (χ1n) is 12.1. The average Bonchev–Trinajstić information content (AvgIpc) is 2.87. The zero-order chi connectivity index (χ0) is 23.9. The number of nitrogens with zero attached hydrogens (tertiary/aromatic N) is 3. The van der Waals surface area contributed by atoms with Crippen LogP contribution in [0, 0.1) is 5.92 Å². The SMILES string of the molecule is COC(=O)C(Cc1ccncc1)N1CCC(CN2CCC(Oc3ccc(Cl)c(Cl)c3)CC2)CC1. The molecule has 34 heavy (non-hydrogen) atoms. The van der Waals surface area contributed by atoms with Crippen LogP contribution in [0.25, 0.3) is 0 Å². The number of ether oxygens (including phenoxy) is 2. The molecule has 4 rings (SSSR count). The lowest BCUT2D eigenvalue weighted by molar-refractivity contribution is -0.147. The number of halogens is 2. The van der Waals surface area contributed by atoms with Gasteiger partial charge >= 0.3 is 5.97 Å². The molecule has 1 aromatic heterocycles. The van der Waals surface area contributed by atoms with Crippen molar-refractivity contribution in [1.82, 2.24) is 14.8 Å². The van der Waals surface area contributed by atoms with Gasteiger partial charge in [-0.15, -0.1) is 0 Å². The Kier molecular flexibility index (Phi) is 9.06. The molecular weight excluding hydrogens is 473 g/mol. The number of rotatable bonds is 8. The fraction of sp³-hybridized carbons (Fsp3) is 0.538. The summed E-state index contributed by atoms with van der Waals surface area (Å²) in [6.07, 6.45) is 8.64. The van der Waals surface area contributed by atoms with Crippen molar-refractivity contribution in [2.45, 2.75) is 44.2 Å². The van der Waals surface area contributed by atoms with Crippen molar-refractivity contribution in [1.29, 1.82) is 0 Å². The van der Waals surface area contributed by atoms with Crippen LogP contribution in [0.5, 0.6) is 5.75 Å². The number of esters is 1. The standard InChI is InChI=1S/C26H33Cl2N3O3/c1-33-26(32)25(16-19-4-10-29-11-5-19)31-14-6-20(7-15-31)18-30-12-8-21(9-13-30)34-22-2-3-23(27)24(28)17-22/h2-5,10-11,17,20-21,25H,6-9,12-16,18H2,1H3. The highest BCUT2D eigenvalue weighted by Crippen LogP contribution is 2.29. The number of piperidine rings is 2. The number of pyridine rings is 1. The van der Waals surface area contributed by atoms with E-state index >= 15 is 0 Å². The number of benzene rings is 1. The minimum Gasteiger partial charge on any atom is -0.490 e. The molecule has 2 aliphatic rings. The molecule has 1 aromatic carbocycles. The molecule has 2 saturated heterocycles. The Labute approximate surface area is 212 Å². The summed E-state index contributed by atoms with van der Waals surface area (Å²) in [5.41, 5.74) is 1.11. The lowest BCUT2D eigenvalue weighted by atomic mass is 9.93. The molecule has 0 radical (unpaired) electrons. The largest absolute Gasteiger partial charge is 0.490 e. The van der Waals surface area contributed by atoms with E-state index in [0.29, 0.717) is 22.4 Å². The highest BCUT2D eigenvalue weighted by Gasteiger charge is 2.32. The van der Waals surface area contributed by atoms with E-state index in [1.165, 1.54) is 7.11 Å². The second-order valence-electron chi connectivity index (χ2n) is 9.27. The number of hydrogen-bond donors (Lipinski definition) is 0. The normalized spacial score (nSPS) is 19.6. The molecule has 0 N–H and O–H groups in total. The Morgan fingerprint density at radius 3 is 2.38 bits per heavy atom. The predicted molar refractivity (Wildman–Crippen MR) is 135 cm³/mol. The van der Waals surface area contributed by atoms with E-state index in [9.17, 15) is 4.79 Å². The molecule has 0 bridgehead atoms. The van der Waals surface area contributed by atoms with E-state index in [-0.39, 0.29) is 18.1 Å². The smallest absolute Gasteiger partial charge is 0.323 e. The van der Waals surface area contributed by atoms with Gasteiger partial charge in [0, 0.05) is 38.1 Å². The minimum atomic E-state index is -0.234. The lowest BCUT2D eigenvalue weighted by Crippen LogP contribution is -2.49. The van der Waals surface area contributed by atoms with Crippen molar-refractivity contribution < 1.29 is 14.3 Å². The Morgan fingerprint density at radius 1 is 1.03 bits per heavy atom. The quantitative estimate of drug-likeness (QED) is 0.483. The molecule has 0 spiro atoms. The van der Waals surface area contributed by atoms with Gasteiger partial charge in [-0.05, 0) is 80.9 Å². The molecule has 0 saturated carbocycles. The van der Waals surface area contributed by atoms with Crippen LogP contribution in [0.2, 0.25) is 10.0 Å². The van der Waals surface area contributed by atoms with E-state index in [1.807, 2.05) is 18.2 Å². The molecule has 1 atom stereocenters. The first kappa shape index (κ1) is 25.2. The molecule has 2 fully saturated rings. The molecule has 8 heteroatoms. The molecule has 6 nitrogen and oxygen atoms in total. The van der Waals surface area contributed by atoms with E-state index in [1.54, 1.807) is 24.5 Å². The van der Waals surface area contributed by atoms with Gasteiger partial charge in [0.1, 0.15) is 17.9 Å². The van der Waals surface area contributed by atoms with Crippen LogP contribution in [-0.2, 0) is 16.0 Å². The second kappa shape index (κ2) is 12.2. The van der Waals surface area contributed by atoms with Crippen molar-refractivity contribution in [3.8, 4) is 5.75 Å². The first-order chi connectivity index (χ1) is 16.5. The molecule has 3 heterocycles. The van der Waals surface area contributed by atoms with Gasteiger partial charge in [0.05, 0.1) is 17.2 Å². The van der Waals surface area contributed by atoms with Crippen LogP contribution in [-0.4, -0.2) is 72.7 Å². The zero-order valence-corrected chi connectivity index (χ0v) is 21.2. The Bertz CT molecular complexity index is 930. The van der Waals surface area contributed by atoms with Gasteiger partial charge in [-0.25, -0.2) is 0 Å². The topological polar surface area (TPSA) is 54.9 Å². The molecular formula is C26H33Cl2N3O3. The molecule has 1 unspecified atom stereocenters. The van der Waals surface area contributed by atoms with Crippen LogP contribution in [0.3, 0.4) is 0 Å². The number of carbonyl (C=O) groups excluding carboxylic acids is 1. The van der Waals surface area contributed by atoms with Crippen molar-refractivity contribution in [2.75, 3.05) is 39.8 Å². The predicted octanol–water partition coefficient (Wildman–Crippen LogP) is 4.73. The summed E-state index contributed by atoms with van der Waals surface area (Å²) in [5, 5.41) is 1.07. The molecule has 0 amide bonds. The van der Waals surface area contributed by atoms with E-state index in [2.05, 4.69) is 14.8 Å². The average molecular weight is 506 g/mol. The van der Waals surface area contributed by atoms with Crippen LogP contribution in [0.1, 0.15) is 31.2 Å². The first-order valence-corrected chi connectivity index (χ1v) is 12.8. The molecule has 2 aliphatic heterocycles. The maximum Gasteiger partial charge on any atom is 0.323 e. The van der Waals surface area contributed by atoms with Crippen molar-refractivity contribution in [2.24, 2.45) is 5.92 Å². The molecule has 2 aromatic rings. The third-order valence-corrected chi connectivity index (χ3v) is 7.73. The lowest BCUT2D eigenvalue weighted by Gasteiger charge is -2.39. The third-order valence-electron chi connectivity index (χ3n) is 6.99. The summed E-state index contributed by atoms with van der Waals surface area (Å²) < 4.78 is 11.2. The van der Waals surface area contributed by atoms with Crippen LogP contribution < -0.4 is 4.74 Å². The third kappa shape index (κ3) is 6.85. The van der Waals surface area contributed by atoms with Gasteiger partial charge in [0.15, 0.2) is 0 Å². The summed E-state index contributed by atoms with van der Waals surface area (Å²) in [4.78, 5) is 21.4. The highest BCUT2D eigenvalue weighted by atomic mass is 35.5. The number of carbonyl (C=O) groups is 1. The highest BCUT2D eigenvalue weighted by molar-refractivity contribution is 6.42. The summed E-state index contributed by atoms with van der Waals surface area (Å²) in [5.74, 6) is 1.29. The maximum atomic E-state index is 12.5. The van der Waals surface area contributed by atoms with Crippen LogP contribution >= 0.6 is 23.2 Å². The van der Waals surface area contributed by atoms with Gasteiger partial charge in [-0.2, -0.15) is 0 Å². The number of hydrogen-bond acceptors (Lipinski definition) is 6. The minimum absolute atomic E-state index is 0.153. The Balaban J connectivity index is 1.21. The molecule has 184 valence electrons. The number of aromatic nitrogens is 1. The summed E-state index contributed by atoms with van der Waals surface area (Å²) in [6, 6.07) is 9.16. The monoisotopic (exact) mass is 505 g/mol. The number of methoxy groups -OCH3 is 1. The van der Waals surface area contributed by atoms with Gasteiger partial charge in [0.2, 0.25) is 0 Å². The summed E-state index contributed by atoms with van der Waals surface area (Å²) in [7, 11) is 1.48. The van der Waals surface area contributed by atoms with Crippen LogP contribution in [0.4, 0.5) is 0 Å². The fourth-order valence-corrected chi connectivity index (χ4v) is 5.29. The number of likely N-dealkylation sites (tertiary alicyclic amines) is 2. The zero-order valence-electron chi connectivity index (χ0n) is 19.7.